The third kappa shape index (κ3) is 4.05. The molecule has 4 nitrogen and oxygen atoms in total. The molecule has 0 aromatic heterocycles. The summed E-state index contributed by atoms with van der Waals surface area (Å²) >= 11 is 5.89. The normalized spacial score (nSPS) is 16.2. The Labute approximate surface area is 112 Å². The van der Waals surface area contributed by atoms with Crippen molar-refractivity contribution in [2.75, 3.05) is 0 Å². The molecule has 0 aliphatic rings. The molecule has 0 unspecified atom stereocenters. The number of hydrogen-bond donors (Lipinski definition) is 1. The van der Waals surface area contributed by atoms with Gasteiger partial charge >= 0.3 is 11.9 Å². The number of rotatable bonds is 7. The minimum absolute atomic E-state index is 0.0957. The topological polar surface area (TPSA) is 63.6 Å². The molecule has 0 aromatic rings. The Kier molecular flexibility index (Phi) is 7.22. The van der Waals surface area contributed by atoms with Crippen molar-refractivity contribution >= 4 is 44.1 Å². The Bertz CT molecular complexity index is 257. The van der Waals surface area contributed by atoms with Gasteiger partial charge in [0.15, 0.2) is 16.3 Å². The van der Waals surface area contributed by atoms with Crippen molar-refractivity contribution in [1.29, 1.82) is 0 Å². The van der Waals surface area contributed by atoms with Crippen molar-refractivity contribution in [3.63, 3.8) is 0 Å². The van der Waals surface area contributed by atoms with Crippen LogP contribution in [0.25, 0.3) is 0 Å². The summed E-state index contributed by atoms with van der Waals surface area (Å²) in [4.78, 5) is 22.2. The van der Waals surface area contributed by atoms with Gasteiger partial charge in [-0.15, -0.1) is 0 Å². The first kappa shape index (κ1) is 15.9. The van der Waals surface area contributed by atoms with E-state index in [4.69, 9.17) is 0 Å². The first-order chi connectivity index (χ1) is 7.42. The molecule has 2 atom stereocenters. The second-order valence-corrected chi connectivity index (χ2v) is 5.35. The zero-order valence-corrected chi connectivity index (χ0v) is 12.5. The zero-order chi connectivity index (χ0) is 12.8. The smallest absolute Gasteiger partial charge is 0.320 e. The number of hydrogen-bond acceptors (Lipinski definition) is 3. The minimum atomic E-state index is -0.950. The summed E-state index contributed by atoms with van der Waals surface area (Å²) in [6.45, 7) is 3.73. The van der Waals surface area contributed by atoms with Crippen LogP contribution in [0, 0.1) is 5.92 Å². The molecule has 0 saturated carbocycles. The van der Waals surface area contributed by atoms with Crippen LogP contribution in [0.15, 0.2) is 0 Å². The molecular formula is C10H16Br2O4. The van der Waals surface area contributed by atoms with Gasteiger partial charge in [0.25, 0.3) is 0 Å². The molecule has 0 aromatic carbocycles. The van der Waals surface area contributed by atoms with Crippen LogP contribution >= 0.6 is 32.2 Å². The summed E-state index contributed by atoms with van der Waals surface area (Å²) in [6, 6.07) is 0. The van der Waals surface area contributed by atoms with Gasteiger partial charge in [0.05, 0.1) is 0 Å². The van der Waals surface area contributed by atoms with Crippen LogP contribution in [0.4, 0.5) is 0 Å². The second kappa shape index (κ2) is 7.27. The number of carboxylic acid groups (broad SMARTS) is 1. The average Bonchev–Trinajstić information content (AvgIpc) is 2.28. The molecule has 0 fully saturated rings. The molecule has 0 bridgehead atoms. The molecule has 0 aliphatic heterocycles. The third-order valence-corrected chi connectivity index (χ3v) is 4.70. The lowest BCUT2D eigenvalue weighted by molar-refractivity contribution is -0.142. The summed E-state index contributed by atoms with van der Waals surface area (Å²) in [5.74, 6) is -1.36. The molecule has 0 radical (unpaired) electrons. The Morgan fingerprint density at radius 3 is 2.31 bits per heavy atom. The Morgan fingerprint density at radius 2 is 2.00 bits per heavy atom. The fourth-order valence-corrected chi connectivity index (χ4v) is 2.42. The van der Waals surface area contributed by atoms with E-state index in [2.05, 4.69) is 36.0 Å². The summed E-state index contributed by atoms with van der Waals surface area (Å²) in [5.41, 5.74) is 0. The molecule has 0 amide bonds. The fraction of sp³-hybridized carbons (Fsp3) is 0.800. The van der Waals surface area contributed by atoms with Gasteiger partial charge < -0.3 is 8.93 Å². The predicted molar refractivity (Wildman–Crippen MR) is 67.6 cm³/mol. The van der Waals surface area contributed by atoms with Gasteiger partial charge in [-0.05, 0) is 18.8 Å². The zero-order valence-electron chi connectivity index (χ0n) is 9.33. The first-order valence-electron chi connectivity index (χ1n) is 5.16. The highest BCUT2D eigenvalue weighted by Gasteiger charge is 2.40. The SMILES string of the molecule is CC[C@@H](CCC(=O)OBr)[C@](Br)(CC)C(=O)O. The van der Waals surface area contributed by atoms with E-state index in [1.54, 1.807) is 0 Å². The molecule has 0 spiro atoms. The summed E-state index contributed by atoms with van der Waals surface area (Å²) in [7, 11) is 0. The molecule has 1 N–H and O–H groups in total. The van der Waals surface area contributed by atoms with Gasteiger partial charge in [-0.25, -0.2) is 0 Å². The van der Waals surface area contributed by atoms with E-state index in [-0.39, 0.29) is 18.3 Å². The van der Waals surface area contributed by atoms with Crippen LogP contribution in [0.5, 0.6) is 0 Å². The van der Waals surface area contributed by atoms with Crippen LogP contribution in [-0.4, -0.2) is 21.4 Å². The molecule has 0 saturated heterocycles. The van der Waals surface area contributed by atoms with Crippen molar-refractivity contribution in [1.82, 2.24) is 0 Å². The largest absolute Gasteiger partial charge is 0.480 e. The fourth-order valence-electron chi connectivity index (χ4n) is 1.70. The van der Waals surface area contributed by atoms with Crippen LogP contribution < -0.4 is 0 Å². The van der Waals surface area contributed by atoms with Crippen molar-refractivity contribution in [3.05, 3.63) is 0 Å². The van der Waals surface area contributed by atoms with Gasteiger partial charge in [-0.1, -0.05) is 36.2 Å². The molecule has 0 aliphatic carbocycles. The lowest BCUT2D eigenvalue weighted by atomic mass is 9.84. The quantitative estimate of drug-likeness (QED) is 0.708. The highest BCUT2D eigenvalue weighted by molar-refractivity contribution is 9.10. The summed E-state index contributed by atoms with van der Waals surface area (Å²) in [5, 5.41) is 9.18. The highest BCUT2D eigenvalue weighted by atomic mass is 79.9. The number of carboxylic acids is 1. The van der Waals surface area contributed by atoms with Gasteiger partial charge in [0.2, 0.25) is 0 Å². The molecule has 16 heavy (non-hydrogen) atoms. The maximum absolute atomic E-state index is 11.2. The van der Waals surface area contributed by atoms with Gasteiger partial charge in [-0.2, -0.15) is 0 Å². The van der Waals surface area contributed by atoms with Crippen LogP contribution in [0.1, 0.15) is 39.5 Å². The number of carbonyl (C=O) groups excluding carboxylic acids is 1. The van der Waals surface area contributed by atoms with Crippen LogP contribution in [0.3, 0.4) is 0 Å². The molecular weight excluding hydrogens is 344 g/mol. The number of alkyl halides is 1. The van der Waals surface area contributed by atoms with Crippen molar-refractivity contribution in [2.24, 2.45) is 5.92 Å². The number of carbonyl (C=O) groups is 2. The van der Waals surface area contributed by atoms with E-state index in [0.717, 1.165) is 0 Å². The average molecular weight is 360 g/mol. The van der Waals surface area contributed by atoms with E-state index in [9.17, 15) is 14.7 Å². The van der Waals surface area contributed by atoms with E-state index in [1.165, 1.54) is 0 Å². The molecule has 0 rings (SSSR count). The van der Waals surface area contributed by atoms with E-state index < -0.39 is 10.3 Å². The van der Waals surface area contributed by atoms with Crippen LogP contribution in [-0.2, 0) is 13.4 Å². The van der Waals surface area contributed by atoms with Gasteiger partial charge in [0.1, 0.15) is 4.32 Å². The van der Waals surface area contributed by atoms with Crippen molar-refractivity contribution in [3.8, 4) is 0 Å². The second-order valence-electron chi connectivity index (χ2n) is 3.61. The molecule has 94 valence electrons. The lowest BCUT2D eigenvalue weighted by Crippen LogP contribution is -2.39. The maximum atomic E-state index is 11.2. The minimum Gasteiger partial charge on any atom is -0.480 e. The standard InChI is InChI=1S/C10H16Br2O4/c1-3-7(5-6-8(13)16-12)10(11,4-2)9(14)15/h7H,3-6H2,1-2H3,(H,14,15)/t7-,10+/m0/s1. The van der Waals surface area contributed by atoms with Gasteiger partial charge in [-0.3, -0.25) is 9.59 Å². The van der Waals surface area contributed by atoms with E-state index in [1.807, 2.05) is 13.8 Å². The molecule has 6 heteroatoms. The predicted octanol–water partition coefficient (Wildman–Crippen LogP) is 3.27. The van der Waals surface area contributed by atoms with Crippen molar-refractivity contribution in [2.45, 2.75) is 43.9 Å². The maximum Gasteiger partial charge on any atom is 0.320 e. The number of aliphatic carboxylic acids is 1. The Balaban J connectivity index is 4.57. The lowest BCUT2D eigenvalue weighted by Gasteiger charge is -2.30. The Morgan fingerprint density at radius 1 is 1.44 bits per heavy atom. The molecule has 0 heterocycles. The van der Waals surface area contributed by atoms with E-state index >= 15 is 0 Å². The van der Waals surface area contributed by atoms with Gasteiger partial charge in [0, 0.05) is 6.42 Å². The van der Waals surface area contributed by atoms with Crippen molar-refractivity contribution < 1.29 is 18.5 Å². The Hall–Kier alpha value is -0.100. The number of halogens is 2. The highest BCUT2D eigenvalue weighted by Crippen LogP contribution is 2.37. The first-order valence-corrected chi connectivity index (χ1v) is 6.60. The monoisotopic (exact) mass is 358 g/mol. The third-order valence-electron chi connectivity index (χ3n) is 2.79. The summed E-state index contributed by atoms with van der Waals surface area (Å²) in [6.07, 6.45) is 1.88. The van der Waals surface area contributed by atoms with Crippen LogP contribution in [0.2, 0.25) is 0 Å². The summed E-state index contributed by atoms with van der Waals surface area (Å²) < 4.78 is 3.41. The van der Waals surface area contributed by atoms with E-state index in [0.29, 0.717) is 19.3 Å².